The molecule has 9 nitrogen and oxygen atoms in total. The smallest absolute Gasteiger partial charge is 0.335 e. The number of nitrogens with zero attached hydrogens (tertiary/aromatic N) is 3. The van der Waals surface area contributed by atoms with E-state index in [9.17, 15) is 18.0 Å². The van der Waals surface area contributed by atoms with Crippen molar-refractivity contribution in [2.24, 2.45) is 0 Å². The van der Waals surface area contributed by atoms with Crippen molar-refractivity contribution < 1.29 is 23.1 Å². The number of benzene rings is 2. The maximum atomic E-state index is 12.9. The van der Waals surface area contributed by atoms with E-state index in [1.807, 2.05) is 6.92 Å². The molecule has 0 saturated carbocycles. The van der Waals surface area contributed by atoms with Gasteiger partial charge in [-0.2, -0.15) is 0 Å². The van der Waals surface area contributed by atoms with Gasteiger partial charge in [-0.15, -0.1) is 16.8 Å². The first-order valence-electron chi connectivity index (χ1n) is 10.4. The number of hydrogen-bond acceptors (Lipinski definition) is 7. The maximum Gasteiger partial charge on any atom is 0.335 e. The predicted octanol–water partition coefficient (Wildman–Crippen LogP) is 3.65. The number of amides is 1. The fraction of sp³-hybridized carbons (Fsp3) is 0.217. The van der Waals surface area contributed by atoms with Crippen LogP contribution in [0.25, 0.3) is 0 Å². The van der Waals surface area contributed by atoms with Crippen LogP contribution in [0.2, 0.25) is 0 Å². The van der Waals surface area contributed by atoms with Crippen LogP contribution in [0.4, 0.5) is 5.69 Å². The zero-order valence-corrected chi connectivity index (χ0v) is 20.1. The highest BCUT2D eigenvalue weighted by Crippen LogP contribution is 2.27. The van der Waals surface area contributed by atoms with Crippen molar-refractivity contribution in [1.82, 2.24) is 14.8 Å². The zero-order valence-electron chi connectivity index (χ0n) is 18.4. The lowest BCUT2D eigenvalue weighted by Gasteiger charge is -2.15. The molecule has 0 fully saturated rings. The third-order valence-corrected chi connectivity index (χ3v) is 7.79. The lowest BCUT2D eigenvalue weighted by atomic mass is 10.2. The molecule has 11 heteroatoms. The Hall–Kier alpha value is -3.44. The summed E-state index contributed by atoms with van der Waals surface area (Å²) in [6, 6.07) is 14.1. The summed E-state index contributed by atoms with van der Waals surface area (Å²) >= 11 is 1.15. The Morgan fingerprint density at radius 1 is 1.18 bits per heavy atom. The Kier molecular flexibility index (Phi) is 8.24. The van der Waals surface area contributed by atoms with Crippen LogP contribution in [0.1, 0.15) is 29.5 Å². The highest BCUT2D eigenvalue weighted by molar-refractivity contribution is 8.00. The Balaban J connectivity index is 1.80. The van der Waals surface area contributed by atoms with Crippen LogP contribution in [-0.4, -0.2) is 45.4 Å². The Morgan fingerprint density at radius 2 is 1.91 bits per heavy atom. The summed E-state index contributed by atoms with van der Waals surface area (Å²) in [4.78, 5) is 24.2. The topological polar surface area (TPSA) is 131 Å². The fourth-order valence-electron chi connectivity index (χ4n) is 3.11. The van der Waals surface area contributed by atoms with E-state index in [2.05, 4.69) is 22.1 Å². The van der Waals surface area contributed by atoms with Gasteiger partial charge in [-0.25, -0.2) is 13.2 Å². The number of anilines is 1. The summed E-state index contributed by atoms with van der Waals surface area (Å²) in [6.07, 6.45) is 2.05. The molecule has 1 atom stereocenters. The molecular formula is C23H24N4O5S2. The Labute approximate surface area is 201 Å². The van der Waals surface area contributed by atoms with Crippen molar-refractivity contribution in [3.63, 3.8) is 0 Å². The fourth-order valence-corrected chi connectivity index (χ4v) is 5.38. The number of carboxylic acids is 1. The lowest BCUT2D eigenvalue weighted by molar-refractivity contribution is -0.115. The van der Waals surface area contributed by atoms with Crippen LogP contribution < -0.4 is 5.32 Å². The molecule has 1 aromatic heterocycles. The molecule has 0 saturated heterocycles. The van der Waals surface area contributed by atoms with Crippen LogP contribution in [-0.2, 0) is 26.9 Å². The van der Waals surface area contributed by atoms with Gasteiger partial charge < -0.3 is 15.0 Å². The van der Waals surface area contributed by atoms with E-state index in [-0.39, 0.29) is 34.5 Å². The number of aromatic nitrogens is 3. The molecule has 0 bridgehead atoms. The summed E-state index contributed by atoms with van der Waals surface area (Å²) < 4.78 is 27.2. The van der Waals surface area contributed by atoms with Gasteiger partial charge in [0.1, 0.15) is 11.6 Å². The van der Waals surface area contributed by atoms with Gasteiger partial charge in [0.2, 0.25) is 5.91 Å². The summed E-state index contributed by atoms with van der Waals surface area (Å²) in [7, 11) is -3.64. The second kappa shape index (κ2) is 11.1. The molecular weight excluding hydrogens is 476 g/mol. The first-order chi connectivity index (χ1) is 16.2. The molecule has 1 heterocycles. The summed E-state index contributed by atoms with van der Waals surface area (Å²) in [5.74, 6) is -1.52. The Bertz CT molecular complexity index is 1290. The maximum absolute atomic E-state index is 12.9. The number of carboxylic acid groups (broad SMARTS) is 1. The van der Waals surface area contributed by atoms with Crippen molar-refractivity contribution in [3.8, 4) is 0 Å². The highest BCUT2D eigenvalue weighted by Gasteiger charge is 2.25. The van der Waals surface area contributed by atoms with Gasteiger partial charge >= 0.3 is 5.97 Å². The summed E-state index contributed by atoms with van der Waals surface area (Å²) in [5.41, 5.74) is 0.430. The lowest BCUT2D eigenvalue weighted by Crippen LogP contribution is -2.25. The first-order valence-corrected chi connectivity index (χ1v) is 12.9. The number of carbonyl (C=O) groups is 2. The number of rotatable bonds is 11. The number of allylic oxidation sites excluding steroid dienone is 1. The minimum absolute atomic E-state index is 0.0634. The number of hydrogen-bond donors (Lipinski definition) is 2. The molecule has 2 aromatic carbocycles. The summed E-state index contributed by atoms with van der Waals surface area (Å²) in [5, 5.41) is 19.9. The van der Waals surface area contributed by atoms with Crippen LogP contribution in [0.5, 0.6) is 0 Å². The standard InChI is InChI=1S/C23H24N4O5S2/c1-3-13-27-20(15-34(31,32)18-11-6-5-7-12-18)25-26-23(27)33-19(4-2)21(28)24-17-10-8-9-16(14-17)22(29)30/h3,5-12,14,19H,1,4,13,15H2,2H3,(H,24,28)(H,29,30). The molecule has 1 unspecified atom stereocenters. The van der Waals surface area contributed by atoms with Crippen molar-refractivity contribution in [2.45, 2.75) is 40.9 Å². The number of thioether (sulfide) groups is 1. The largest absolute Gasteiger partial charge is 0.478 e. The molecule has 0 aliphatic carbocycles. The molecule has 178 valence electrons. The minimum atomic E-state index is -3.64. The average molecular weight is 501 g/mol. The minimum Gasteiger partial charge on any atom is -0.478 e. The van der Waals surface area contributed by atoms with Gasteiger partial charge in [0, 0.05) is 12.2 Å². The van der Waals surface area contributed by atoms with E-state index < -0.39 is 21.1 Å². The van der Waals surface area contributed by atoms with Gasteiger partial charge in [-0.3, -0.25) is 4.79 Å². The van der Waals surface area contributed by atoms with E-state index in [0.717, 1.165) is 11.8 Å². The normalized spacial score (nSPS) is 12.1. The quantitative estimate of drug-likeness (QED) is 0.301. The molecule has 34 heavy (non-hydrogen) atoms. The highest BCUT2D eigenvalue weighted by atomic mass is 32.2. The van der Waals surface area contributed by atoms with Gasteiger partial charge in [-0.1, -0.05) is 49.0 Å². The van der Waals surface area contributed by atoms with E-state index in [4.69, 9.17) is 5.11 Å². The predicted molar refractivity (Wildman–Crippen MR) is 130 cm³/mol. The van der Waals surface area contributed by atoms with E-state index in [1.165, 1.54) is 24.3 Å². The number of nitrogens with one attached hydrogen (secondary N) is 1. The van der Waals surface area contributed by atoms with E-state index >= 15 is 0 Å². The molecule has 1 amide bonds. The van der Waals surface area contributed by atoms with Crippen molar-refractivity contribution in [3.05, 3.63) is 78.6 Å². The van der Waals surface area contributed by atoms with Gasteiger partial charge in [0.05, 0.1) is 15.7 Å². The molecule has 0 aliphatic rings. The molecule has 0 radical (unpaired) electrons. The van der Waals surface area contributed by atoms with Crippen LogP contribution in [0.15, 0.2) is 77.3 Å². The molecule has 3 rings (SSSR count). The third-order valence-electron chi connectivity index (χ3n) is 4.81. The number of carbonyl (C=O) groups excluding carboxylic acids is 1. The van der Waals surface area contributed by atoms with E-state index in [0.29, 0.717) is 17.3 Å². The van der Waals surface area contributed by atoms with Crippen LogP contribution in [0, 0.1) is 0 Å². The summed E-state index contributed by atoms with van der Waals surface area (Å²) in [6.45, 7) is 5.83. The van der Waals surface area contributed by atoms with Crippen LogP contribution >= 0.6 is 11.8 Å². The van der Waals surface area contributed by atoms with E-state index in [1.54, 1.807) is 41.0 Å². The van der Waals surface area contributed by atoms with Crippen molar-refractivity contribution in [1.29, 1.82) is 0 Å². The van der Waals surface area contributed by atoms with Gasteiger partial charge in [0.25, 0.3) is 0 Å². The molecule has 0 aliphatic heterocycles. The van der Waals surface area contributed by atoms with Gasteiger partial charge in [0.15, 0.2) is 15.0 Å². The van der Waals surface area contributed by atoms with Gasteiger partial charge in [-0.05, 0) is 36.8 Å². The zero-order chi connectivity index (χ0) is 24.7. The first kappa shape index (κ1) is 25.2. The molecule has 0 spiro atoms. The second-order valence-electron chi connectivity index (χ2n) is 7.26. The molecule has 3 aromatic rings. The SMILES string of the molecule is C=CCn1c(CS(=O)(=O)c2ccccc2)nnc1SC(CC)C(=O)Nc1cccc(C(=O)O)c1. The van der Waals surface area contributed by atoms with Crippen molar-refractivity contribution >= 4 is 39.2 Å². The molecule has 2 N–H and O–H groups in total. The monoisotopic (exact) mass is 500 g/mol. The second-order valence-corrected chi connectivity index (χ2v) is 10.4. The van der Waals surface area contributed by atoms with Crippen molar-refractivity contribution in [2.75, 3.05) is 5.32 Å². The number of aromatic carboxylic acids is 1. The average Bonchev–Trinajstić information content (AvgIpc) is 3.18. The third kappa shape index (κ3) is 6.12. The number of sulfone groups is 1. The Morgan fingerprint density at radius 3 is 2.56 bits per heavy atom. The van der Waals surface area contributed by atoms with Crippen LogP contribution in [0.3, 0.4) is 0 Å².